The molecule has 0 spiro atoms. The van der Waals surface area contributed by atoms with Crippen LogP contribution in [0.5, 0.6) is 5.75 Å². The molecular formula is C25H22Cl2N2O4S. The fourth-order valence-corrected chi connectivity index (χ4v) is 5.65. The summed E-state index contributed by atoms with van der Waals surface area (Å²) in [5.74, 6) is -1.16. The Labute approximate surface area is 211 Å². The summed E-state index contributed by atoms with van der Waals surface area (Å²) in [6.45, 7) is -0.106. The topological polar surface area (TPSA) is 88.0 Å². The van der Waals surface area contributed by atoms with E-state index < -0.39 is 12.6 Å². The zero-order chi connectivity index (χ0) is 24.1. The van der Waals surface area contributed by atoms with Gasteiger partial charge in [-0.2, -0.15) is 0 Å². The van der Waals surface area contributed by atoms with E-state index >= 15 is 0 Å². The SMILES string of the molecule is O=C(O)COc1c(Cl)cc(C=Nc2sc3c(c2C(=O)NCc2ccccc2)CCCC3)cc1Cl. The molecule has 0 fully saturated rings. The van der Waals surface area contributed by atoms with Crippen molar-refractivity contribution in [1.82, 2.24) is 5.32 Å². The first-order valence-electron chi connectivity index (χ1n) is 10.8. The number of nitrogens with zero attached hydrogens (tertiary/aromatic N) is 1. The number of nitrogens with one attached hydrogen (secondary N) is 1. The lowest BCUT2D eigenvalue weighted by Gasteiger charge is -2.13. The van der Waals surface area contributed by atoms with E-state index in [-0.39, 0.29) is 21.7 Å². The van der Waals surface area contributed by atoms with Crippen LogP contribution in [0.1, 0.15) is 44.8 Å². The van der Waals surface area contributed by atoms with Crippen molar-refractivity contribution in [2.75, 3.05) is 6.61 Å². The molecule has 0 radical (unpaired) electrons. The number of aliphatic carboxylic acids is 1. The predicted molar refractivity (Wildman–Crippen MR) is 135 cm³/mol. The fraction of sp³-hybridized carbons (Fsp3) is 0.240. The van der Waals surface area contributed by atoms with Crippen LogP contribution in [0.2, 0.25) is 10.0 Å². The number of rotatable bonds is 8. The van der Waals surface area contributed by atoms with E-state index in [2.05, 4.69) is 10.3 Å². The van der Waals surface area contributed by atoms with Gasteiger partial charge in [-0.1, -0.05) is 53.5 Å². The molecular weight excluding hydrogens is 495 g/mol. The Bertz CT molecular complexity index is 1220. The number of carboxylic acids is 1. The number of thiophene rings is 1. The average molecular weight is 517 g/mol. The normalized spacial score (nSPS) is 13.0. The van der Waals surface area contributed by atoms with E-state index in [1.165, 1.54) is 16.2 Å². The summed E-state index contributed by atoms with van der Waals surface area (Å²) in [5, 5.41) is 12.8. The molecule has 34 heavy (non-hydrogen) atoms. The molecule has 0 aliphatic heterocycles. The van der Waals surface area contributed by atoms with Crippen LogP contribution in [0.15, 0.2) is 47.5 Å². The van der Waals surface area contributed by atoms with Crippen LogP contribution in [0.4, 0.5) is 5.00 Å². The number of hydrogen-bond acceptors (Lipinski definition) is 5. The number of carbonyl (C=O) groups excluding carboxylic acids is 1. The van der Waals surface area contributed by atoms with Gasteiger partial charge in [0.25, 0.3) is 5.91 Å². The number of ether oxygens (including phenoxy) is 1. The second-order valence-corrected chi connectivity index (χ2v) is 9.71. The van der Waals surface area contributed by atoms with Gasteiger partial charge in [-0.05, 0) is 54.5 Å². The van der Waals surface area contributed by atoms with Crippen molar-refractivity contribution in [3.05, 3.63) is 79.6 Å². The molecule has 4 rings (SSSR count). The minimum Gasteiger partial charge on any atom is -0.479 e. The average Bonchev–Trinajstić information content (AvgIpc) is 3.19. The quantitative estimate of drug-likeness (QED) is 0.355. The molecule has 0 saturated heterocycles. The Kier molecular flexibility index (Phi) is 7.88. The number of amides is 1. The minimum atomic E-state index is -1.13. The van der Waals surface area contributed by atoms with E-state index in [1.54, 1.807) is 18.3 Å². The Hall–Kier alpha value is -2.87. The number of fused-ring (bicyclic) bond motifs is 1. The maximum absolute atomic E-state index is 13.2. The fourth-order valence-electron chi connectivity index (χ4n) is 3.80. The van der Waals surface area contributed by atoms with Gasteiger partial charge in [-0.15, -0.1) is 11.3 Å². The summed E-state index contributed by atoms with van der Waals surface area (Å²) in [5.41, 5.74) is 3.35. The Balaban J connectivity index is 1.58. The molecule has 2 N–H and O–H groups in total. The smallest absolute Gasteiger partial charge is 0.341 e. The lowest BCUT2D eigenvalue weighted by molar-refractivity contribution is -0.139. The number of carbonyl (C=O) groups is 2. The standard InChI is InChI=1S/C25H22Cl2N2O4S/c26-18-10-16(11-19(27)23(18)33-14-21(30)31)13-29-25-22(17-8-4-5-9-20(17)34-25)24(32)28-12-15-6-2-1-3-7-15/h1-3,6-7,10-11,13H,4-5,8-9,12,14H2,(H,28,32)(H,30,31). The summed E-state index contributed by atoms with van der Waals surface area (Å²) in [6.07, 6.45) is 5.56. The number of carboxylic acid groups (broad SMARTS) is 1. The van der Waals surface area contributed by atoms with E-state index in [0.29, 0.717) is 22.7 Å². The summed E-state index contributed by atoms with van der Waals surface area (Å²) in [6, 6.07) is 13.0. The van der Waals surface area contributed by atoms with Crippen molar-refractivity contribution in [3.63, 3.8) is 0 Å². The Morgan fingerprint density at radius 1 is 1.12 bits per heavy atom. The van der Waals surface area contributed by atoms with Crippen LogP contribution in [-0.4, -0.2) is 29.8 Å². The van der Waals surface area contributed by atoms with Crippen LogP contribution in [0.3, 0.4) is 0 Å². The molecule has 0 saturated carbocycles. The van der Waals surface area contributed by atoms with Crippen molar-refractivity contribution >= 4 is 57.6 Å². The third kappa shape index (κ3) is 5.78. The zero-order valence-corrected chi connectivity index (χ0v) is 20.5. The molecule has 1 aromatic heterocycles. The highest BCUT2D eigenvalue weighted by atomic mass is 35.5. The largest absolute Gasteiger partial charge is 0.479 e. The summed E-state index contributed by atoms with van der Waals surface area (Å²) in [4.78, 5) is 29.8. The van der Waals surface area contributed by atoms with E-state index in [4.69, 9.17) is 33.0 Å². The van der Waals surface area contributed by atoms with Gasteiger partial charge in [0.15, 0.2) is 12.4 Å². The number of halogens is 2. The van der Waals surface area contributed by atoms with Gasteiger partial charge in [0.2, 0.25) is 0 Å². The van der Waals surface area contributed by atoms with Crippen LogP contribution in [-0.2, 0) is 24.2 Å². The molecule has 1 aliphatic carbocycles. The first kappa shape index (κ1) is 24.3. The van der Waals surface area contributed by atoms with Gasteiger partial charge in [-0.25, -0.2) is 9.79 Å². The zero-order valence-electron chi connectivity index (χ0n) is 18.1. The van der Waals surface area contributed by atoms with Gasteiger partial charge in [0.1, 0.15) is 5.00 Å². The third-order valence-electron chi connectivity index (χ3n) is 5.37. The van der Waals surface area contributed by atoms with Crippen molar-refractivity contribution in [1.29, 1.82) is 0 Å². The van der Waals surface area contributed by atoms with Gasteiger partial charge in [-0.3, -0.25) is 4.79 Å². The molecule has 176 valence electrons. The molecule has 1 heterocycles. The summed E-state index contributed by atoms with van der Waals surface area (Å²) >= 11 is 14.0. The Morgan fingerprint density at radius 3 is 2.53 bits per heavy atom. The number of aliphatic imine (C=N–C) groups is 1. The first-order valence-corrected chi connectivity index (χ1v) is 12.3. The van der Waals surface area contributed by atoms with E-state index in [9.17, 15) is 9.59 Å². The number of aryl methyl sites for hydroxylation is 1. The van der Waals surface area contributed by atoms with Crippen molar-refractivity contribution < 1.29 is 19.4 Å². The first-order chi connectivity index (χ1) is 16.4. The second kappa shape index (κ2) is 11.0. The summed E-state index contributed by atoms with van der Waals surface area (Å²) in [7, 11) is 0. The van der Waals surface area contributed by atoms with Crippen molar-refractivity contribution in [3.8, 4) is 5.75 Å². The second-order valence-electron chi connectivity index (χ2n) is 7.81. The maximum Gasteiger partial charge on any atom is 0.341 e. The predicted octanol–water partition coefficient (Wildman–Crippen LogP) is 6.08. The lowest BCUT2D eigenvalue weighted by atomic mass is 9.95. The highest BCUT2D eigenvalue weighted by Crippen LogP contribution is 2.40. The van der Waals surface area contributed by atoms with Crippen LogP contribution in [0, 0.1) is 0 Å². The lowest BCUT2D eigenvalue weighted by Crippen LogP contribution is -2.24. The van der Waals surface area contributed by atoms with Gasteiger partial charge in [0, 0.05) is 17.6 Å². The molecule has 1 aliphatic rings. The van der Waals surface area contributed by atoms with E-state index in [0.717, 1.165) is 36.8 Å². The Morgan fingerprint density at radius 2 is 1.82 bits per heavy atom. The molecule has 9 heteroatoms. The number of hydrogen-bond donors (Lipinski definition) is 2. The molecule has 1 amide bonds. The summed E-state index contributed by atoms with van der Waals surface area (Å²) < 4.78 is 5.16. The maximum atomic E-state index is 13.2. The molecule has 2 aromatic carbocycles. The van der Waals surface area contributed by atoms with Crippen molar-refractivity contribution in [2.24, 2.45) is 4.99 Å². The molecule has 6 nitrogen and oxygen atoms in total. The van der Waals surface area contributed by atoms with Crippen molar-refractivity contribution in [2.45, 2.75) is 32.2 Å². The van der Waals surface area contributed by atoms with Crippen LogP contribution >= 0.6 is 34.5 Å². The van der Waals surface area contributed by atoms with E-state index in [1.807, 2.05) is 30.3 Å². The van der Waals surface area contributed by atoms with Crippen LogP contribution in [0.25, 0.3) is 0 Å². The monoisotopic (exact) mass is 516 g/mol. The van der Waals surface area contributed by atoms with Gasteiger partial charge < -0.3 is 15.2 Å². The number of benzene rings is 2. The highest BCUT2D eigenvalue weighted by molar-refractivity contribution is 7.16. The molecule has 3 aromatic rings. The molecule has 0 unspecified atom stereocenters. The third-order valence-corrected chi connectivity index (χ3v) is 7.13. The molecule has 0 atom stereocenters. The minimum absolute atomic E-state index is 0.107. The highest BCUT2D eigenvalue weighted by Gasteiger charge is 2.25. The van der Waals surface area contributed by atoms with Gasteiger partial charge >= 0.3 is 5.97 Å². The molecule has 0 bridgehead atoms. The van der Waals surface area contributed by atoms with Crippen LogP contribution < -0.4 is 10.1 Å². The van der Waals surface area contributed by atoms with Gasteiger partial charge in [0.05, 0.1) is 15.6 Å².